The fourth-order valence-corrected chi connectivity index (χ4v) is 0.751. The van der Waals surface area contributed by atoms with Crippen molar-refractivity contribution in [2.75, 3.05) is 13.2 Å². The van der Waals surface area contributed by atoms with Gasteiger partial charge in [0, 0.05) is 12.6 Å². The van der Waals surface area contributed by atoms with Crippen LogP contribution in [0.4, 0.5) is 0 Å². The molecule has 3 heteroatoms. The van der Waals surface area contributed by atoms with Crippen LogP contribution in [0.25, 0.3) is 0 Å². The number of esters is 1. The molecule has 0 unspecified atom stereocenters. The van der Waals surface area contributed by atoms with Gasteiger partial charge in [0.15, 0.2) is 0 Å². The van der Waals surface area contributed by atoms with Crippen molar-refractivity contribution >= 4 is 5.97 Å². The molecular formula is C11H25NO2. The molecule has 0 saturated heterocycles. The Morgan fingerprint density at radius 1 is 1.36 bits per heavy atom. The minimum Gasteiger partial charge on any atom is -0.466 e. The van der Waals surface area contributed by atoms with E-state index in [1.807, 2.05) is 20.8 Å². The van der Waals surface area contributed by atoms with E-state index >= 15 is 0 Å². The van der Waals surface area contributed by atoms with Crippen LogP contribution in [0.15, 0.2) is 0 Å². The minimum atomic E-state index is -0.106. The molecule has 0 bridgehead atoms. The number of hydrogen-bond donors (Lipinski definition) is 1. The summed E-state index contributed by atoms with van der Waals surface area (Å²) in [4.78, 5) is 10.9. The zero-order valence-corrected chi connectivity index (χ0v) is 10.2. The van der Waals surface area contributed by atoms with E-state index in [1.165, 1.54) is 0 Å². The number of carbonyl (C=O) groups is 1. The fourth-order valence-electron chi connectivity index (χ4n) is 0.751. The maximum Gasteiger partial charge on any atom is 0.307 e. The fraction of sp³-hybridized carbons (Fsp3) is 0.909. The highest BCUT2D eigenvalue weighted by Crippen LogP contribution is 1.88. The Labute approximate surface area is 88.2 Å². The molecule has 3 nitrogen and oxygen atoms in total. The Balaban J connectivity index is 0. The van der Waals surface area contributed by atoms with Crippen LogP contribution in [-0.2, 0) is 9.53 Å². The second-order valence-corrected chi connectivity index (χ2v) is 3.08. The van der Waals surface area contributed by atoms with Gasteiger partial charge in [-0.3, -0.25) is 4.79 Å². The average molecular weight is 203 g/mol. The number of hydrogen-bond acceptors (Lipinski definition) is 3. The summed E-state index contributed by atoms with van der Waals surface area (Å²) < 4.78 is 4.89. The van der Waals surface area contributed by atoms with Gasteiger partial charge >= 0.3 is 5.97 Å². The van der Waals surface area contributed by atoms with E-state index in [4.69, 9.17) is 4.74 Å². The molecule has 0 rings (SSSR count). The van der Waals surface area contributed by atoms with Crippen molar-refractivity contribution < 1.29 is 9.53 Å². The van der Waals surface area contributed by atoms with Gasteiger partial charge < -0.3 is 10.1 Å². The first-order valence-electron chi connectivity index (χ1n) is 5.55. The number of carbonyl (C=O) groups excluding carboxylic acids is 1. The molecule has 0 spiro atoms. The summed E-state index contributed by atoms with van der Waals surface area (Å²) in [5.74, 6) is -0.106. The SMILES string of the molecule is CC.CCCOC(=O)CCNC(C)C. The highest BCUT2D eigenvalue weighted by Gasteiger charge is 2.01. The minimum absolute atomic E-state index is 0.106. The zero-order chi connectivity index (χ0) is 11.4. The van der Waals surface area contributed by atoms with Gasteiger partial charge in [0.05, 0.1) is 13.0 Å². The van der Waals surface area contributed by atoms with E-state index in [2.05, 4.69) is 19.2 Å². The van der Waals surface area contributed by atoms with E-state index in [-0.39, 0.29) is 5.97 Å². The molecule has 0 aromatic heterocycles. The normalized spacial score (nSPS) is 9.29. The summed E-state index contributed by atoms with van der Waals surface area (Å²) in [5, 5.41) is 3.15. The number of nitrogens with one attached hydrogen (secondary N) is 1. The average Bonchev–Trinajstić information content (AvgIpc) is 2.17. The highest BCUT2D eigenvalue weighted by molar-refractivity contribution is 5.69. The van der Waals surface area contributed by atoms with E-state index in [9.17, 15) is 4.79 Å². The predicted octanol–water partition coefficient (Wildman–Crippen LogP) is 2.35. The molecular weight excluding hydrogens is 178 g/mol. The maximum atomic E-state index is 10.9. The van der Waals surface area contributed by atoms with Crippen molar-refractivity contribution in [1.82, 2.24) is 5.32 Å². The van der Waals surface area contributed by atoms with E-state index in [0.717, 1.165) is 6.42 Å². The lowest BCUT2D eigenvalue weighted by Crippen LogP contribution is -2.26. The predicted molar refractivity (Wildman–Crippen MR) is 60.4 cm³/mol. The molecule has 0 aliphatic heterocycles. The van der Waals surface area contributed by atoms with Crippen molar-refractivity contribution in [3.05, 3.63) is 0 Å². The van der Waals surface area contributed by atoms with Crippen molar-refractivity contribution in [2.24, 2.45) is 0 Å². The number of rotatable bonds is 6. The lowest BCUT2D eigenvalue weighted by atomic mass is 10.3. The van der Waals surface area contributed by atoms with Crippen LogP contribution in [0.3, 0.4) is 0 Å². The molecule has 0 aliphatic carbocycles. The smallest absolute Gasteiger partial charge is 0.307 e. The summed E-state index contributed by atoms with van der Waals surface area (Å²) in [7, 11) is 0. The Kier molecular flexibility index (Phi) is 14.1. The van der Waals surface area contributed by atoms with Gasteiger partial charge in [-0.2, -0.15) is 0 Å². The van der Waals surface area contributed by atoms with Crippen LogP contribution in [-0.4, -0.2) is 25.2 Å². The molecule has 0 fully saturated rings. The van der Waals surface area contributed by atoms with Gasteiger partial charge in [-0.05, 0) is 6.42 Å². The van der Waals surface area contributed by atoms with Crippen molar-refractivity contribution in [2.45, 2.75) is 53.5 Å². The second-order valence-electron chi connectivity index (χ2n) is 3.08. The summed E-state index contributed by atoms with van der Waals surface area (Å²) in [5.41, 5.74) is 0. The van der Waals surface area contributed by atoms with Crippen LogP contribution in [0.2, 0.25) is 0 Å². The van der Waals surface area contributed by atoms with Gasteiger partial charge in [-0.25, -0.2) is 0 Å². The molecule has 14 heavy (non-hydrogen) atoms. The van der Waals surface area contributed by atoms with Crippen LogP contribution in [0.5, 0.6) is 0 Å². The molecule has 0 aliphatic rings. The van der Waals surface area contributed by atoms with Gasteiger partial charge in [-0.15, -0.1) is 0 Å². The van der Waals surface area contributed by atoms with Crippen LogP contribution in [0.1, 0.15) is 47.5 Å². The van der Waals surface area contributed by atoms with Crippen molar-refractivity contribution in [3.8, 4) is 0 Å². The topological polar surface area (TPSA) is 38.3 Å². The quantitative estimate of drug-likeness (QED) is 0.673. The van der Waals surface area contributed by atoms with Crippen molar-refractivity contribution in [3.63, 3.8) is 0 Å². The Hall–Kier alpha value is -0.570. The van der Waals surface area contributed by atoms with Gasteiger partial charge in [0.2, 0.25) is 0 Å². The van der Waals surface area contributed by atoms with Crippen LogP contribution >= 0.6 is 0 Å². The van der Waals surface area contributed by atoms with E-state index in [0.29, 0.717) is 25.6 Å². The summed E-state index contributed by atoms with van der Waals surface area (Å²) in [6.07, 6.45) is 1.36. The standard InChI is InChI=1S/C9H19NO2.C2H6/c1-4-7-12-9(11)5-6-10-8(2)3;1-2/h8,10H,4-7H2,1-3H3;1-2H3. The Bertz CT molecular complexity index is 124. The van der Waals surface area contributed by atoms with Crippen LogP contribution < -0.4 is 5.32 Å². The summed E-state index contributed by atoms with van der Waals surface area (Å²) in [6.45, 7) is 11.3. The molecule has 0 radical (unpaired) electrons. The third-order valence-electron chi connectivity index (χ3n) is 1.35. The van der Waals surface area contributed by atoms with Gasteiger partial charge in [0.25, 0.3) is 0 Å². The molecule has 1 N–H and O–H groups in total. The first-order valence-corrected chi connectivity index (χ1v) is 5.55. The van der Waals surface area contributed by atoms with Gasteiger partial charge in [-0.1, -0.05) is 34.6 Å². The zero-order valence-electron chi connectivity index (χ0n) is 10.2. The highest BCUT2D eigenvalue weighted by atomic mass is 16.5. The molecule has 0 aromatic rings. The Morgan fingerprint density at radius 3 is 2.36 bits per heavy atom. The molecule has 0 atom stereocenters. The maximum absolute atomic E-state index is 10.9. The van der Waals surface area contributed by atoms with Gasteiger partial charge in [0.1, 0.15) is 0 Å². The second kappa shape index (κ2) is 12.4. The molecule has 0 saturated carbocycles. The lowest BCUT2D eigenvalue weighted by molar-refractivity contribution is -0.143. The Morgan fingerprint density at radius 2 is 1.93 bits per heavy atom. The molecule has 0 aromatic carbocycles. The van der Waals surface area contributed by atoms with E-state index in [1.54, 1.807) is 0 Å². The third-order valence-corrected chi connectivity index (χ3v) is 1.35. The largest absolute Gasteiger partial charge is 0.466 e. The van der Waals surface area contributed by atoms with Crippen LogP contribution in [0, 0.1) is 0 Å². The molecule has 0 heterocycles. The molecule has 86 valence electrons. The molecule has 0 amide bonds. The first-order chi connectivity index (χ1) is 6.66. The van der Waals surface area contributed by atoms with E-state index < -0.39 is 0 Å². The monoisotopic (exact) mass is 203 g/mol. The number of ether oxygens (including phenoxy) is 1. The lowest BCUT2D eigenvalue weighted by Gasteiger charge is -2.07. The summed E-state index contributed by atoms with van der Waals surface area (Å²) >= 11 is 0. The van der Waals surface area contributed by atoms with Crippen molar-refractivity contribution in [1.29, 1.82) is 0 Å². The third kappa shape index (κ3) is 14.0. The first kappa shape index (κ1) is 15.9. The summed E-state index contributed by atoms with van der Waals surface area (Å²) in [6, 6.07) is 0.434.